The van der Waals surface area contributed by atoms with Crippen molar-refractivity contribution >= 4 is 33.8 Å². The Kier molecular flexibility index (Phi) is 5.30. The smallest absolute Gasteiger partial charge is 0.223 e. The van der Waals surface area contributed by atoms with Crippen molar-refractivity contribution in [3.05, 3.63) is 40.1 Å². The SMILES string of the molecule is C/C=N\N1C(N2CCNCC2)=Nc2cc(Br)c(F)cc2C1/C=C/C. The average Bonchev–Trinajstić information content (AvgIpc) is 2.59. The van der Waals surface area contributed by atoms with E-state index in [0.29, 0.717) is 4.47 Å². The molecule has 0 aromatic heterocycles. The molecule has 1 unspecified atom stereocenters. The second-order valence-corrected chi connectivity index (χ2v) is 6.52. The van der Waals surface area contributed by atoms with Gasteiger partial charge in [0.15, 0.2) is 0 Å². The third-order valence-corrected chi connectivity index (χ3v) is 4.70. The van der Waals surface area contributed by atoms with Gasteiger partial charge in [-0.2, -0.15) is 5.10 Å². The molecule has 3 rings (SSSR count). The molecule has 1 N–H and O–H groups in total. The summed E-state index contributed by atoms with van der Waals surface area (Å²) < 4.78 is 14.5. The molecule has 24 heavy (non-hydrogen) atoms. The zero-order chi connectivity index (χ0) is 17.1. The quantitative estimate of drug-likeness (QED) is 0.618. The summed E-state index contributed by atoms with van der Waals surface area (Å²) in [6, 6.07) is 3.11. The van der Waals surface area contributed by atoms with Crippen LogP contribution in [0.4, 0.5) is 10.1 Å². The number of aliphatic imine (C=N–C) groups is 1. The van der Waals surface area contributed by atoms with Crippen LogP contribution in [-0.2, 0) is 0 Å². The van der Waals surface area contributed by atoms with Gasteiger partial charge in [0.2, 0.25) is 5.96 Å². The van der Waals surface area contributed by atoms with E-state index in [4.69, 9.17) is 4.99 Å². The lowest BCUT2D eigenvalue weighted by atomic mass is 10.0. The largest absolute Gasteiger partial charge is 0.338 e. The molecule has 128 valence electrons. The number of fused-ring (bicyclic) bond motifs is 1. The highest BCUT2D eigenvalue weighted by molar-refractivity contribution is 9.10. The molecule has 1 fully saturated rings. The molecule has 1 aromatic rings. The molecule has 0 bridgehead atoms. The fourth-order valence-corrected chi connectivity index (χ4v) is 3.33. The molecule has 0 spiro atoms. The predicted octanol–water partition coefficient (Wildman–Crippen LogP) is 3.42. The van der Waals surface area contributed by atoms with Crippen LogP contribution in [0.15, 0.2) is 38.9 Å². The summed E-state index contributed by atoms with van der Waals surface area (Å²) >= 11 is 3.27. The van der Waals surface area contributed by atoms with Gasteiger partial charge in [0.05, 0.1) is 10.2 Å². The van der Waals surface area contributed by atoms with Gasteiger partial charge >= 0.3 is 0 Å². The Morgan fingerprint density at radius 3 is 2.75 bits per heavy atom. The lowest BCUT2D eigenvalue weighted by molar-refractivity contribution is 0.271. The number of nitrogens with one attached hydrogen (secondary N) is 1. The van der Waals surface area contributed by atoms with Crippen molar-refractivity contribution in [2.24, 2.45) is 10.1 Å². The molecule has 7 heteroatoms. The Bertz CT molecular complexity index is 694. The molecule has 1 aromatic carbocycles. The summed E-state index contributed by atoms with van der Waals surface area (Å²) in [6.07, 6.45) is 5.73. The Hall–Kier alpha value is -1.73. The molecule has 2 aliphatic rings. The van der Waals surface area contributed by atoms with Gasteiger partial charge in [0.25, 0.3) is 0 Å². The fraction of sp³-hybridized carbons (Fsp3) is 0.412. The number of halogens is 2. The maximum atomic E-state index is 14.1. The van der Waals surface area contributed by atoms with Crippen molar-refractivity contribution in [3.63, 3.8) is 0 Å². The number of hydrogen-bond donors (Lipinski definition) is 1. The van der Waals surface area contributed by atoms with Crippen molar-refractivity contribution in [1.29, 1.82) is 0 Å². The summed E-state index contributed by atoms with van der Waals surface area (Å²) in [5, 5.41) is 9.75. The summed E-state index contributed by atoms with van der Waals surface area (Å²) in [7, 11) is 0. The monoisotopic (exact) mass is 393 g/mol. The van der Waals surface area contributed by atoms with Gasteiger partial charge < -0.3 is 10.2 Å². The van der Waals surface area contributed by atoms with E-state index < -0.39 is 0 Å². The standard InChI is InChI=1S/C17H21BrFN5/c1-3-5-16-12-10-14(19)13(18)11-15(12)22-17(24(16)21-4-2)23-8-6-20-7-9-23/h3-5,10-11,16,20H,6-9H2,1-2H3/b5-3+,21-4-. The zero-order valence-corrected chi connectivity index (χ0v) is 15.4. The Labute approximate surface area is 150 Å². The Morgan fingerprint density at radius 1 is 1.33 bits per heavy atom. The Balaban J connectivity index is 2.13. The minimum atomic E-state index is -0.287. The van der Waals surface area contributed by atoms with Gasteiger partial charge in [-0.3, -0.25) is 0 Å². The summed E-state index contributed by atoms with van der Waals surface area (Å²) in [5.74, 6) is 0.521. The number of guanidine groups is 1. The summed E-state index contributed by atoms with van der Waals surface area (Å²) in [5.41, 5.74) is 1.60. The molecule has 0 aliphatic carbocycles. The number of allylic oxidation sites excluding steroid dienone is 1. The van der Waals surface area contributed by atoms with Gasteiger partial charge in [0, 0.05) is 38.0 Å². The predicted molar refractivity (Wildman–Crippen MR) is 99.2 cm³/mol. The number of hydrogen-bond acceptors (Lipinski definition) is 5. The first-order chi connectivity index (χ1) is 11.7. The van der Waals surface area contributed by atoms with Crippen LogP contribution < -0.4 is 5.32 Å². The lowest BCUT2D eigenvalue weighted by Gasteiger charge is -2.39. The van der Waals surface area contributed by atoms with Gasteiger partial charge in [0.1, 0.15) is 11.9 Å². The first kappa shape index (κ1) is 17.1. The van der Waals surface area contributed by atoms with E-state index >= 15 is 0 Å². The minimum Gasteiger partial charge on any atom is -0.338 e. The molecular formula is C17H21BrFN5. The molecule has 1 atom stereocenters. The summed E-state index contributed by atoms with van der Waals surface area (Å²) in [4.78, 5) is 7.02. The minimum absolute atomic E-state index is 0.175. The number of benzene rings is 1. The first-order valence-corrected chi connectivity index (χ1v) is 8.89. The third kappa shape index (κ3) is 3.23. The highest BCUT2D eigenvalue weighted by atomic mass is 79.9. The van der Waals surface area contributed by atoms with Crippen LogP contribution in [0, 0.1) is 5.82 Å². The second-order valence-electron chi connectivity index (χ2n) is 5.66. The van der Waals surface area contributed by atoms with Gasteiger partial charge in [-0.1, -0.05) is 12.2 Å². The third-order valence-electron chi connectivity index (χ3n) is 4.09. The molecular weight excluding hydrogens is 373 g/mol. The van der Waals surface area contributed by atoms with Crippen molar-refractivity contribution in [3.8, 4) is 0 Å². The molecule has 0 saturated carbocycles. The van der Waals surface area contributed by atoms with Crippen LogP contribution in [0.2, 0.25) is 0 Å². The van der Waals surface area contributed by atoms with Crippen molar-refractivity contribution < 1.29 is 4.39 Å². The number of nitrogens with zero attached hydrogens (tertiary/aromatic N) is 4. The average molecular weight is 394 g/mol. The van der Waals surface area contributed by atoms with Gasteiger partial charge in [-0.25, -0.2) is 14.4 Å². The topological polar surface area (TPSA) is 43.2 Å². The first-order valence-electron chi connectivity index (χ1n) is 8.09. The van der Waals surface area contributed by atoms with Crippen LogP contribution in [-0.4, -0.2) is 48.3 Å². The van der Waals surface area contributed by atoms with Gasteiger partial charge in [-0.05, 0) is 41.9 Å². The van der Waals surface area contributed by atoms with E-state index in [1.54, 1.807) is 18.3 Å². The van der Waals surface area contributed by atoms with Crippen molar-refractivity contribution in [2.75, 3.05) is 26.2 Å². The van der Waals surface area contributed by atoms with E-state index in [9.17, 15) is 4.39 Å². The number of piperazine rings is 1. The van der Waals surface area contributed by atoms with E-state index in [2.05, 4.69) is 31.2 Å². The highest BCUT2D eigenvalue weighted by Crippen LogP contribution is 2.39. The molecule has 0 radical (unpaired) electrons. The van der Waals surface area contributed by atoms with E-state index in [-0.39, 0.29) is 11.9 Å². The van der Waals surface area contributed by atoms with Crippen LogP contribution in [0.5, 0.6) is 0 Å². The van der Waals surface area contributed by atoms with Crippen molar-refractivity contribution in [2.45, 2.75) is 19.9 Å². The summed E-state index contributed by atoms with van der Waals surface area (Å²) in [6.45, 7) is 7.40. The van der Waals surface area contributed by atoms with Crippen LogP contribution in [0.3, 0.4) is 0 Å². The number of rotatable bonds is 2. The lowest BCUT2D eigenvalue weighted by Crippen LogP contribution is -2.52. The molecule has 2 heterocycles. The molecule has 5 nitrogen and oxygen atoms in total. The van der Waals surface area contributed by atoms with Crippen molar-refractivity contribution in [1.82, 2.24) is 15.2 Å². The second kappa shape index (κ2) is 7.44. The zero-order valence-electron chi connectivity index (χ0n) is 13.8. The van der Waals surface area contributed by atoms with Gasteiger partial charge in [-0.15, -0.1) is 0 Å². The maximum absolute atomic E-state index is 14.1. The maximum Gasteiger partial charge on any atom is 0.223 e. The highest BCUT2D eigenvalue weighted by Gasteiger charge is 2.32. The van der Waals surface area contributed by atoms with Crippen LogP contribution in [0.25, 0.3) is 0 Å². The fourth-order valence-electron chi connectivity index (χ4n) is 3.00. The molecule has 1 saturated heterocycles. The number of hydrazone groups is 1. The molecule has 2 aliphatic heterocycles. The normalized spacial score (nSPS) is 21.5. The van der Waals surface area contributed by atoms with E-state index in [1.165, 1.54) is 0 Å². The van der Waals surface area contributed by atoms with E-state index in [0.717, 1.165) is 43.4 Å². The van der Waals surface area contributed by atoms with Crippen LogP contribution in [0.1, 0.15) is 25.5 Å². The van der Waals surface area contributed by atoms with E-state index in [1.807, 2.05) is 31.0 Å². The molecule has 0 amide bonds. The van der Waals surface area contributed by atoms with Crippen LogP contribution >= 0.6 is 15.9 Å². The Morgan fingerprint density at radius 2 is 2.08 bits per heavy atom.